The normalized spacial score (nSPS) is 11.0. The van der Waals surface area contributed by atoms with Crippen LogP contribution in [0.1, 0.15) is 16.1 Å². The molecule has 0 fully saturated rings. The van der Waals surface area contributed by atoms with Crippen LogP contribution in [0.3, 0.4) is 0 Å². The van der Waals surface area contributed by atoms with Crippen molar-refractivity contribution in [2.75, 3.05) is 5.32 Å². The number of hydrogen-bond donors (Lipinski definition) is 2. The minimum absolute atomic E-state index is 0.0817. The molecule has 0 radical (unpaired) electrons. The summed E-state index contributed by atoms with van der Waals surface area (Å²) in [6.07, 6.45) is 6.16. The Labute approximate surface area is 144 Å². The number of nitrogens with zero attached hydrogens (tertiary/aromatic N) is 1. The zero-order chi connectivity index (χ0) is 17.5. The Morgan fingerprint density at radius 2 is 1.84 bits per heavy atom. The van der Waals surface area contributed by atoms with E-state index in [2.05, 4.69) is 15.6 Å². The van der Waals surface area contributed by atoms with Crippen LogP contribution in [-0.4, -0.2) is 16.8 Å². The van der Waals surface area contributed by atoms with E-state index >= 15 is 0 Å². The molecular formula is C19H15N3O3. The van der Waals surface area contributed by atoms with Gasteiger partial charge in [0.1, 0.15) is 5.70 Å². The molecule has 25 heavy (non-hydrogen) atoms. The van der Waals surface area contributed by atoms with E-state index in [1.165, 1.54) is 12.3 Å². The summed E-state index contributed by atoms with van der Waals surface area (Å²) in [4.78, 5) is 28.8. The fourth-order valence-electron chi connectivity index (χ4n) is 2.10. The van der Waals surface area contributed by atoms with Gasteiger partial charge in [-0.3, -0.25) is 14.6 Å². The van der Waals surface area contributed by atoms with Crippen LogP contribution in [0.25, 0.3) is 6.08 Å². The average Bonchev–Trinajstić information content (AvgIpc) is 3.18. The SMILES string of the molecule is O=C(Nc1ccccc1)C(=Cc1cccnc1)NC(=O)c1ccco1. The molecule has 2 amide bonds. The number of aromatic nitrogens is 1. The first-order chi connectivity index (χ1) is 12.2. The number of furan rings is 1. The second-order valence-corrected chi connectivity index (χ2v) is 5.10. The second-order valence-electron chi connectivity index (χ2n) is 5.10. The lowest BCUT2D eigenvalue weighted by Crippen LogP contribution is -2.30. The average molecular weight is 333 g/mol. The van der Waals surface area contributed by atoms with Crippen molar-refractivity contribution in [3.8, 4) is 0 Å². The van der Waals surface area contributed by atoms with Gasteiger partial charge in [-0.2, -0.15) is 0 Å². The monoisotopic (exact) mass is 333 g/mol. The molecule has 3 rings (SSSR count). The van der Waals surface area contributed by atoms with E-state index < -0.39 is 11.8 Å². The molecule has 0 saturated heterocycles. The third-order valence-corrected chi connectivity index (χ3v) is 3.26. The molecule has 0 aliphatic rings. The first-order valence-electron chi connectivity index (χ1n) is 7.55. The highest BCUT2D eigenvalue weighted by Crippen LogP contribution is 2.10. The van der Waals surface area contributed by atoms with Crippen molar-refractivity contribution < 1.29 is 14.0 Å². The number of para-hydroxylation sites is 1. The second kappa shape index (κ2) is 7.74. The topological polar surface area (TPSA) is 84.2 Å². The molecule has 2 N–H and O–H groups in total. The molecule has 2 heterocycles. The van der Waals surface area contributed by atoms with E-state index in [0.717, 1.165) is 0 Å². The van der Waals surface area contributed by atoms with Crippen LogP contribution in [0.2, 0.25) is 0 Å². The van der Waals surface area contributed by atoms with Crippen LogP contribution in [0.15, 0.2) is 83.4 Å². The van der Waals surface area contributed by atoms with Crippen LogP contribution in [0.5, 0.6) is 0 Å². The number of nitrogens with one attached hydrogen (secondary N) is 2. The first-order valence-corrected chi connectivity index (χ1v) is 7.55. The smallest absolute Gasteiger partial charge is 0.291 e. The summed E-state index contributed by atoms with van der Waals surface area (Å²) in [7, 11) is 0. The largest absolute Gasteiger partial charge is 0.459 e. The number of benzene rings is 1. The predicted octanol–water partition coefficient (Wildman–Crippen LogP) is 3.08. The number of carbonyl (C=O) groups excluding carboxylic acids is 2. The zero-order valence-electron chi connectivity index (χ0n) is 13.2. The van der Waals surface area contributed by atoms with Crippen LogP contribution in [-0.2, 0) is 4.79 Å². The quantitative estimate of drug-likeness (QED) is 0.703. The molecule has 0 spiro atoms. The van der Waals surface area contributed by atoms with E-state index in [0.29, 0.717) is 11.3 Å². The minimum atomic E-state index is -0.511. The van der Waals surface area contributed by atoms with Crippen molar-refractivity contribution in [3.63, 3.8) is 0 Å². The number of pyridine rings is 1. The van der Waals surface area contributed by atoms with Gasteiger partial charge in [0.2, 0.25) is 0 Å². The Morgan fingerprint density at radius 3 is 2.52 bits per heavy atom. The zero-order valence-corrected chi connectivity index (χ0v) is 13.2. The first kappa shape index (κ1) is 16.2. The third-order valence-electron chi connectivity index (χ3n) is 3.26. The Balaban J connectivity index is 1.84. The lowest BCUT2D eigenvalue weighted by Gasteiger charge is -2.10. The molecule has 0 bridgehead atoms. The Bertz CT molecular complexity index is 873. The fraction of sp³-hybridized carbons (Fsp3) is 0. The highest BCUT2D eigenvalue weighted by molar-refractivity contribution is 6.10. The number of carbonyl (C=O) groups is 2. The molecule has 3 aromatic rings. The van der Waals surface area contributed by atoms with Crippen LogP contribution < -0.4 is 10.6 Å². The highest BCUT2D eigenvalue weighted by atomic mass is 16.3. The summed E-state index contributed by atoms with van der Waals surface area (Å²) in [6, 6.07) is 15.6. The van der Waals surface area contributed by atoms with Gasteiger partial charge in [-0.1, -0.05) is 24.3 Å². The van der Waals surface area contributed by atoms with Crippen molar-refractivity contribution >= 4 is 23.6 Å². The van der Waals surface area contributed by atoms with Gasteiger partial charge in [0.05, 0.1) is 6.26 Å². The van der Waals surface area contributed by atoms with Gasteiger partial charge in [-0.25, -0.2) is 0 Å². The molecule has 0 saturated carbocycles. The number of anilines is 1. The van der Waals surface area contributed by atoms with Gasteiger partial charge < -0.3 is 15.1 Å². The lowest BCUT2D eigenvalue weighted by molar-refractivity contribution is -0.113. The molecule has 0 aliphatic heterocycles. The summed E-state index contributed by atoms with van der Waals surface area (Å²) in [5, 5.41) is 5.32. The number of amides is 2. The summed E-state index contributed by atoms with van der Waals surface area (Å²) in [5.74, 6) is -0.845. The van der Waals surface area contributed by atoms with Gasteiger partial charge in [0, 0.05) is 18.1 Å². The highest BCUT2D eigenvalue weighted by Gasteiger charge is 2.16. The van der Waals surface area contributed by atoms with E-state index in [9.17, 15) is 9.59 Å². The van der Waals surface area contributed by atoms with Crippen LogP contribution in [0, 0.1) is 0 Å². The van der Waals surface area contributed by atoms with Crippen molar-refractivity contribution in [1.82, 2.24) is 10.3 Å². The van der Waals surface area contributed by atoms with Gasteiger partial charge in [-0.15, -0.1) is 0 Å². The maximum atomic E-state index is 12.6. The Kier molecular flexibility index (Phi) is 5.01. The maximum Gasteiger partial charge on any atom is 0.291 e. The molecule has 0 unspecified atom stereocenters. The summed E-state index contributed by atoms with van der Waals surface area (Å²) in [6.45, 7) is 0. The van der Waals surface area contributed by atoms with E-state index in [1.807, 2.05) is 18.2 Å². The van der Waals surface area contributed by atoms with Crippen LogP contribution in [0.4, 0.5) is 5.69 Å². The Morgan fingerprint density at radius 1 is 1.00 bits per heavy atom. The summed E-state index contributed by atoms with van der Waals surface area (Å²) < 4.78 is 5.06. The van der Waals surface area contributed by atoms with E-state index in [-0.39, 0.29) is 11.5 Å². The molecule has 124 valence electrons. The van der Waals surface area contributed by atoms with Crippen molar-refractivity contribution in [2.45, 2.75) is 0 Å². The van der Waals surface area contributed by atoms with Crippen molar-refractivity contribution in [1.29, 1.82) is 0 Å². The molecule has 0 atom stereocenters. The van der Waals surface area contributed by atoms with Gasteiger partial charge in [0.15, 0.2) is 5.76 Å². The molecular weight excluding hydrogens is 318 g/mol. The number of hydrogen-bond acceptors (Lipinski definition) is 4. The van der Waals surface area contributed by atoms with Gasteiger partial charge in [-0.05, 0) is 42.0 Å². The van der Waals surface area contributed by atoms with Crippen molar-refractivity contribution in [2.24, 2.45) is 0 Å². The number of rotatable bonds is 5. The van der Waals surface area contributed by atoms with Gasteiger partial charge >= 0.3 is 0 Å². The van der Waals surface area contributed by atoms with Crippen LogP contribution >= 0.6 is 0 Å². The van der Waals surface area contributed by atoms with Crippen molar-refractivity contribution in [3.05, 3.63) is 90.3 Å². The van der Waals surface area contributed by atoms with E-state index in [4.69, 9.17) is 4.42 Å². The Hall–Kier alpha value is -3.67. The standard InChI is InChI=1S/C19H15N3O3/c23-18(21-15-7-2-1-3-8-15)16(12-14-6-4-10-20-13-14)22-19(24)17-9-5-11-25-17/h1-13H,(H,21,23)(H,22,24). The van der Waals surface area contributed by atoms with E-state index in [1.54, 1.807) is 48.8 Å². The van der Waals surface area contributed by atoms with Gasteiger partial charge in [0.25, 0.3) is 11.8 Å². The maximum absolute atomic E-state index is 12.6. The molecule has 0 aliphatic carbocycles. The third kappa shape index (κ3) is 4.42. The minimum Gasteiger partial charge on any atom is -0.459 e. The predicted molar refractivity (Wildman–Crippen MR) is 93.5 cm³/mol. The molecule has 6 nitrogen and oxygen atoms in total. The fourth-order valence-corrected chi connectivity index (χ4v) is 2.10. The molecule has 1 aromatic carbocycles. The summed E-state index contributed by atoms with van der Waals surface area (Å²) >= 11 is 0. The lowest BCUT2D eigenvalue weighted by atomic mass is 10.2. The molecule has 2 aromatic heterocycles. The summed E-state index contributed by atoms with van der Waals surface area (Å²) in [5.41, 5.74) is 1.38. The molecule has 6 heteroatoms.